The molecule has 5 heteroatoms. The number of para-hydroxylation sites is 2. The second-order valence-electron chi connectivity index (χ2n) is 7.39. The van der Waals surface area contributed by atoms with Gasteiger partial charge in [-0.1, -0.05) is 18.2 Å². The normalized spacial score (nSPS) is 20.3. The molecule has 2 heterocycles. The Morgan fingerprint density at radius 1 is 1.19 bits per heavy atom. The van der Waals surface area contributed by atoms with E-state index < -0.39 is 0 Å². The lowest BCUT2D eigenvalue weighted by Crippen LogP contribution is -2.30. The highest BCUT2D eigenvalue weighted by Crippen LogP contribution is 2.47. The topological polar surface area (TPSA) is 59.8 Å². The number of hydrogen-bond donors (Lipinski definition) is 1. The molecule has 1 aliphatic carbocycles. The number of nitrogens with zero attached hydrogens (tertiary/aromatic N) is 3. The minimum Gasteiger partial charge on any atom is -0.346 e. The molecule has 2 aromatic heterocycles. The zero-order valence-corrected chi connectivity index (χ0v) is 15.4. The van der Waals surface area contributed by atoms with Gasteiger partial charge in [0.1, 0.15) is 5.82 Å². The monoisotopic (exact) mass is 348 g/mol. The maximum Gasteiger partial charge on any atom is 0.224 e. The van der Waals surface area contributed by atoms with Gasteiger partial charge in [-0.3, -0.25) is 9.78 Å². The molecular weight excluding hydrogens is 324 g/mol. The molecule has 0 unspecified atom stereocenters. The largest absolute Gasteiger partial charge is 0.346 e. The minimum absolute atomic E-state index is 0.0403. The molecular formula is C21H24N4O. The van der Waals surface area contributed by atoms with Crippen LogP contribution in [0.3, 0.4) is 0 Å². The quantitative estimate of drug-likeness (QED) is 0.758. The lowest BCUT2D eigenvalue weighted by molar-refractivity contribution is -0.123. The van der Waals surface area contributed by atoms with Crippen molar-refractivity contribution in [1.29, 1.82) is 0 Å². The second-order valence-corrected chi connectivity index (χ2v) is 7.39. The first-order valence-electron chi connectivity index (χ1n) is 9.23. The molecule has 0 aliphatic heterocycles. The van der Waals surface area contributed by atoms with Gasteiger partial charge < -0.3 is 9.88 Å². The molecule has 1 fully saturated rings. The van der Waals surface area contributed by atoms with Gasteiger partial charge in [0.2, 0.25) is 5.91 Å². The SMILES string of the molecule is CC(C)n1c([C@@H](C)NC(=O)[C@@H]2C[C@H]2c2cccnc2)nc2ccccc21. The van der Waals surface area contributed by atoms with Gasteiger partial charge in [-0.25, -0.2) is 4.98 Å². The fourth-order valence-electron chi connectivity index (χ4n) is 3.74. The maximum absolute atomic E-state index is 12.7. The first kappa shape index (κ1) is 16.8. The number of imidazole rings is 1. The van der Waals surface area contributed by atoms with E-state index >= 15 is 0 Å². The van der Waals surface area contributed by atoms with Crippen LogP contribution in [0.5, 0.6) is 0 Å². The van der Waals surface area contributed by atoms with Crippen molar-refractivity contribution in [2.45, 2.75) is 45.2 Å². The number of benzene rings is 1. The Morgan fingerprint density at radius 2 is 2.00 bits per heavy atom. The Kier molecular flexibility index (Phi) is 4.23. The predicted molar refractivity (Wildman–Crippen MR) is 102 cm³/mol. The van der Waals surface area contributed by atoms with E-state index in [4.69, 9.17) is 4.98 Å². The minimum atomic E-state index is -0.132. The number of fused-ring (bicyclic) bond motifs is 1. The average molecular weight is 348 g/mol. The standard InChI is InChI=1S/C21H24N4O/c1-13(2)25-19-9-5-4-8-18(19)24-20(25)14(3)23-21(26)17-11-16(17)15-7-6-10-22-12-15/h4-10,12-14,16-17H,11H2,1-3H3,(H,23,26)/t14-,16+,17-/m1/s1. The zero-order valence-electron chi connectivity index (χ0n) is 15.4. The van der Waals surface area contributed by atoms with Crippen LogP contribution in [-0.4, -0.2) is 20.4 Å². The molecule has 0 spiro atoms. The number of pyridine rings is 1. The molecule has 0 radical (unpaired) electrons. The lowest BCUT2D eigenvalue weighted by Gasteiger charge is -2.19. The first-order valence-corrected chi connectivity index (χ1v) is 9.23. The van der Waals surface area contributed by atoms with Crippen LogP contribution in [0, 0.1) is 5.92 Å². The van der Waals surface area contributed by atoms with Crippen molar-refractivity contribution in [2.24, 2.45) is 5.92 Å². The summed E-state index contributed by atoms with van der Waals surface area (Å²) in [4.78, 5) is 21.6. The highest BCUT2D eigenvalue weighted by atomic mass is 16.2. The third-order valence-electron chi connectivity index (χ3n) is 5.13. The molecule has 5 nitrogen and oxygen atoms in total. The number of hydrogen-bond acceptors (Lipinski definition) is 3. The van der Waals surface area contributed by atoms with Gasteiger partial charge >= 0.3 is 0 Å². The molecule has 1 N–H and O–H groups in total. The van der Waals surface area contributed by atoms with Gasteiger partial charge in [-0.05, 0) is 56.9 Å². The number of nitrogens with one attached hydrogen (secondary N) is 1. The van der Waals surface area contributed by atoms with Crippen molar-refractivity contribution in [3.8, 4) is 0 Å². The average Bonchev–Trinajstić information content (AvgIpc) is 3.35. The van der Waals surface area contributed by atoms with Gasteiger partial charge in [0.05, 0.1) is 17.1 Å². The van der Waals surface area contributed by atoms with Crippen LogP contribution in [-0.2, 0) is 4.79 Å². The summed E-state index contributed by atoms with van der Waals surface area (Å²) in [5.74, 6) is 1.35. The Labute approximate surface area is 153 Å². The summed E-state index contributed by atoms with van der Waals surface area (Å²) in [6, 6.07) is 12.2. The first-order chi connectivity index (χ1) is 12.6. The zero-order chi connectivity index (χ0) is 18.3. The summed E-state index contributed by atoms with van der Waals surface area (Å²) in [6.45, 7) is 6.30. The van der Waals surface area contributed by atoms with Gasteiger partial charge in [0.15, 0.2) is 0 Å². The van der Waals surface area contributed by atoms with Crippen molar-refractivity contribution >= 4 is 16.9 Å². The summed E-state index contributed by atoms with van der Waals surface area (Å²) in [5.41, 5.74) is 3.23. The molecule has 0 saturated heterocycles. The van der Waals surface area contributed by atoms with Crippen molar-refractivity contribution in [1.82, 2.24) is 19.9 Å². The van der Waals surface area contributed by atoms with E-state index in [-0.39, 0.29) is 23.9 Å². The second kappa shape index (κ2) is 6.56. The van der Waals surface area contributed by atoms with Gasteiger partial charge in [0.25, 0.3) is 0 Å². The number of amides is 1. The van der Waals surface area contributed by atoms with E-state index in [1.807, 2.05) is 43.5 Å². The van der Waals surface area contributed by atoms with Crippen LogP contribution >= 0.6 is 0 Å². The number of carbonyl (C=O) groups excluding carboxylic acids is 1. The van der Waals surface area contributed by atoms with Crippen LogP contribution in [0.15, 0.2) is 48.8 Å². The smallest absolute Gasteiger partial charge is 0.224 e. The molecule has 1 aromatic carbocycles. The summed E-state index contributed by atoms with van der Waals surface area (Å²) in [6.07, 6.45) is 4.52. The number of rotatable bonds is 5. The highest BCUT2D eigenvalue weighted by molar-refractivity contribution is 5.83. The fraction of sp³-hybridized carbons (Fsp3) is 0.381. The Morgan fingerprint density at radius 3 is 2.73 bits per heavy atom. The summed E-state index contributed by atoms with van der Waals surface area (Å²) in [7, 11) is 0. The van der Waals surface area contributed by atoms with E-state index in [0.717, 1.165) is 28.8 Å². The lowest BCUT2D eigenvalue weighted by atomic mass is 10.1. The van der Waals surface area contributed by atoms with Gasteiger partial charge in [-0.15, -0.1) is 0 Å². The van der Waals surface area contributed by atoms with Crippen LogP contribution < -0.4 is 5.32 Å². The number of carbonyl (C=O) groups is 1. The Hall–Kier alpha value is -2.69. The molecule has 4 rings (SSSR count). The molecule has 0 bridgehead atoms. The van der Waals surface area contributed by atoms with Crippen LogP contribution in [0.1, 0.15) is 56.6 Å². The van der Waals surface area contributed by atoms with Crippen LogP contribution in [0.2, 0.25) is 0 Å². The van der Waals surface area contributed by atoms with E-state index in [1.54, 1.807) is 6.20 Å². The molecule has 1 amide bonds. The predicted octanol–water partition coefficient (Wildman–Crippen LogP) is 3.99. The third-order valence-corrected chi connectivity index (χ3v) is 5.13. The molecule has 3 aromatic rings. The maximum atomic E-state index is 12.7. The summed E-state index contributed by atoms with van der Waals surface area (Å²) in [5, 5.41) is 3.17. The van der Waals surface area contributed by atoms with Crippen molar-refractivity contribution in [2.75, 3.05) is 0 Å². The van der Waals surface area contributed by atoms with Gasteiger partial charge in [0, 0.05) is 24.4 Å². The van der Waals surface area contributed by atoms with Crippen LogP contribution in [0.25, 0.3) is 11.0 Å². The van der Waals surface area contributed by atoms with E-state index in [0.29, 0.717) is 5.92 Å². The molecule has 3 atom stereocenters. The van der Waals surface area contributed by atoms with Crippen molar-refractivity contribution in [3.05, 3.63) is 60.2 Å². The van der Waals surface area contributed by atoms with E-state index in [1.165, 1.54) is 0 Å². The van der Waals surface area contributed by atoms with Crippen molar-refractivity contribution < 1.29 is 4.79 Å². The van der Waals surface area contributed by atoms with Crippen molar-refractivity contribution in [3.63, 3.8) is 0 Å². The van der Waals surface area contributed by atoms with Crippen LogP contribution in [0.4, 0.5) is 0 Å². The third kappa shape index (κ3) is 2.98. The Bertz CT molecular complexity index is 932. The summed E-state index contributed by atoms with van der Waals surface area (Å²) >= 11 is 0. The molecule has 134 valence electrons. The number of aromatic nitrogens is 3. The Balaban J connectivity index is 1.52. The van der Waals surface area contributed by atoms with E-state index in [9.17, 15) is 4.79 Å². The van der Waals surface area contributed by atoms with E-state index in [2.05, 4.69) is 34.8 Å². The molecule has 26 heavy (non-hydrogen) atoms. The molecule has 1 saturated carbocycles. The fourth-order valence-corrected chi connectivity index (χ4v) is 3.74. The summed E-state index contributed by atoms with van der Waals surface area (Å²) < 4.78 is 2.21. The highest BCUT2D eigenvalue weighted by Gasteiger charge is 2.44. The van der Waals surface area contributed by atoms with Gasteiger partial charge in [-0.2, -0.15) is 0 Å². The molecule has 1 aliphatic rings.